The van der Waals surface area contributed by atoms with E-state index in [9.17, 15) is 13.6 Å². The molecular weight excluding hydrogens is 288 g/mol. The highest BCUT2D eigenvalue weighted by molar-refractivity contribution is 5.98. The van der Waals surface area contributed by atoms with Gasteiger partial charge >= 0.3 is 0 Å². The predicted octanol–water partition coefficient (Wildman–Crippen LogP) is 2.10. The van der Waals surface area contributed by atoms with Gasteiger partial charge in [-0.15, -0.1) is 0 Å². The molecule has 0 radical (unpaired) electrons. The molecule has 1 atom stereocenters. The summed E-state index contributed by atoms with van der Waals surface area (Å²) in [6.07, 6.45) is -1.59. The summed E-state index contributed by atoms with van der Waals surface area (Å²) < 4.78 is 24.7. The van der Waals surface area contributed by atoms with E-state index in [1.165, 1.54) is 5.56 Å². The summed E-state index contributed by atoms with van der Waals surface area (Å²) >= 11 is 0. The van der Waals surface area contributed by atoms with E-state index in [-0.39, 0.29) is 0 Å². The SMILES string of the molecule is CCC1CN2CCNCc3ccc(C(=O)NCC(F)F)c1c32. The lowest BCUT2D eigenvalue weighted by Crippen LogP contribution is -2.29. The van der Waals surface area contributed by atoms with Crippen LogP contribution in [0.25, 0.3) is 0 Å². The van der Waals surface area contributed by atoms with E-state index in [4.69, 9.17) is 0 Å². The molecule has 2 heterocycles. The quantitative estimate of drug-likeness (QED) is 0.895. The van der Waals surface area contributed by atoms with Crippen LogP contribution in [-0.4, -0.2) is 38.5 Å². The van der Waals surface area contributed by atoms with Crippen LogP contribution in [-0.2, 0) is 6.54 Å². The van der Waals surface area contributed by atoms with Crippen LogP contribution in [0.15, 0.2) is 12.1 Å². The Morgan fingerprint density at radius 3 is 3.05 bits per heavy atom. The lowest BCUT2D eigenvalue weighted by molar-refractivity contribution is 0.0890. The van der Waals surface area contributed by atoms with Gasteiger partial charge in [-0.1, -0.05) is 13.0 Å². The maximum atomic E-state index is 12.3. The highest BCUT2D eigenvalue weighted by Crippen LogP contribution is 2.43. The number of hydrogen-bond donors (Lipinski definition) is 2. The molecule has 1 aromatic carbocycles. The Kier molecular flexibility index (Phi) is 4.29. The number of nitrogens with zero attached hydrogens (tertiary/aromatic N) is 1. The molecule has 6 heteroatoms. The summed E-state index contributed by atoms with van der Waals surface area (Å²) in [7, 11) is 0. The molecule has 1 aromatic rings. The van der Waals surface area contributed by atoms with Gasteiger partial charge in [0.15, 0.2) is 0 Å². The van der Waals surface area contributed by atoms with E-state index in [1.807, 2.05) is 6.07 Å². The molecule has 22 heavy (non-hydrogen) atoms. The van der Waals surface area contributed by atoms with Gasteiger partial charge in [0.1, 0.15) is 0 Å². The van der Waals surface area contributed by atoms with Crippen LogP contribution in [0.3, 0.4) is 0 Å². The topological polar surface area (TPSA) is 44.4 Å². The monoisotopic (exact) mass is 309 g/mol. The molecule has 1 amide bonds. The fourth-order valence-electron chi connectivity index (χ4n) is 3.47. The number of benzene rings is 1. The number of anilines is 1. The van der Waals surface area contributed by atoms with Gasteiger partial charge in [0, 0.05) is 43.3 Å². The molecule has 3 rings (SSSR count). The van der Waals surface area contributed by atoms with Gasteiger partial charge in [-0.3, -0.25) is 4.79 Å². The fraction of sp³-hybridized carbons (Fsp3) is 0.562. The van der Waals surface area contributed by atoms with Crippen LogP contribution in [0.1, 0.15) is 40.7 Å². The molecule has 120 valence electrons. The van der Waals surface area contributed by atoms with Crippen LogP contribution >= 0.6 is 0 Å². The van der Waals surface area contributed by atoms with Crippen LogP contribution in [0.2, 0.25) is 0 Å². The summed E-state index contributed by atoms with van der Waals surface area (Å²) in [5.41, 5.74) is 3.92. The molecule has 0 aromatic heterocycles. The second-order valence-electron chi connectivity index (χ2n) is 5.86. The normalized spacial score (nSPS) is 20.0. The summed E-state index contributed by atoms with van der Waals surface area (Å²) in [6, 6.07) is 3.73. The van der Waals surface area contributed by atoms with Gasteiger partial charge in [-0.05, 0) is 23.6 Å². The average Bonchev–Trinajstić information content (AvgIpc) is 2.75. The van der Waals surface area contributed by atoms with E-state index >= 15 is 0 Å². The molecule has 0 spiro atoms. The number of nitrogens with one attached hydrogen (secondary N) is 2. The van der Waals surface area contributed by atoms with Crippen molar-refractivity contribution in [3.05, 3.63) is 28.8 Å². The molecule has 0 saturated heterocycles. The second kappa shape index (κ2) is 6.20. The smallest absolute Gasteiger partial charge is 0.255 e. The molecular formula is C16H21F2N3O. The molecule has 2 aliphatic heterocycles. The van der Waals surface area contributed by atoms with E-state index in [0.717, 1.165) is 43.9 Å². The Hall–Kier alpha value is -1.69. The summed E-state index contributed by atoms with van der Waals surface area (Å²) in [5, 5.41) is 5.71. The van der Waals surface area contributed by atoms with Crippen molar-refractivity contribution in [3.63, 3.8) is 0 Å². The Morgan fingerprint density at radius 1 is 1.50 bits per heavy atom. The van der Waals surface area contributed by atoms with Crippen LogP contribution in [0, 0.1) is 0 Å². The molecule has 2 aliphatic rings. The van der Waals surface area contributed by atoms with E-state index in [1.54, 1.807) is 6.07 Å². The zero-order valence-electron chi connectivity index (χ0n) is 12.7. The van der Waals surface area contributed by atoms with Crippen molar-refractivity contribution >= 4 is 11.6 Å². The first-order valence-corrected chi connectivity index (χ1v) is 7.79. The number of amides is 1. The number of carbonyl (C=O) groups is 1. The molecule has 2 N–H and O–H groups in total. The minimum Gasteiger partial charge on any atom is -0.369 e. The Labute approximate surface area is 128 Å². The first-order chi connectivity index (χ1) is 10.6. The van der Waals surface area contributed by atoms with Crippen molar-refractivity contribution in [2.75, 3.05) is 31.1 Å². The van der Waals surface area contributed by atoms with Gasteiger partial charge in [0.25, 0.3) is 12.3 Å². The maximum Gasteiger partial charge on any atom is 0.255 e. The van der Waals surface area contributed by atoms with E-state index in [2.05, 4.69) is 22.5 Å². The third-order valence-corrected chi connectivity index (χ3v) is 4.49. The first kappa shape index (κ1) is 15.2. The molecule has 0 fully saturated rings. The third-order valence-electron chi connectivity index (χ3n) is 4.49. The maximum absolute atomic E-state index is 12.3. The molecule has 4 nitrogen and oxygen atoms in total. The Morgan fingerprint density at radius 2 is 2.32 bits per heavy atom. The second-order valence-corrected chi connectivity index (χ2v) is 5.86. The van der Waals surface area contributed by atoms with Crippen LogP contribution in [0.4, 0.5) is 14.5 Å². The number of rotatable bonds is 4. The van der Waals surface area contributed by atoms with Gasteiger partial charge in [0.2, 0.25) is 0 Å². The standard InChI is InChI=1S/C16H21F2N3O/c1-2-10-9-21-6-5-19-7-11-3-4-12(14(10)15(11)21)16(22)20-8-13(17)18/h3-4,10,13,19H,2,5-9H2,1H3,(H,20,22). The lowest BCUT2D eigenvalue weighted by Gasteiger charge is -2.19. The first-order valence-electron chi connectivity index (χ1n) is 7.79. The zero-order valence-corrected chi connectivity index (χ0v) is 12.7. The number of hydrogen-bond acceptors (Lipinski definition) is 3. The van der Waals surface area contributed by atoms with E-state index < -0.39 is 18.9 Å². The highest BCUT2D eigenvalue weighted by atomic mass is 19.3. The average molecular weight is 309 g/mol. The van der Waals surface area contributed by atoms with Gasteiger partial charge in [0.05, 0.1) is 6.54 Å². The minimum absolute atomic E-state index is 0.292. The van der Waals surface area contributed by atoms with Crippen molar-refractivity contribution in [3.8, 4) is 0 Å². The van der Waals surface area contributed by atoms with Crippen molar-refractivity contribution in [2.24, 2.45) is 0 Å². The van der Waals surface area contributed by atoms with Gasteiger partial charge < -0.3 is 15.5 Å². The number of halogens is 2. The summed E-state index contributed by atoms with van der Waals surface area (Å²) in [4.78, 5) is 14.6. The lowest BCUT2D eigenvalue weighted by atomic mass is 9.91. The van der Waals surface area contributed by atoms with Gasteiger partial charge in [-0.25, -0.2) is 8.78 Å². The molecule has 1 unspecified atom stereocenters. The third kappa shape index (κ3) is 2.67. The van der Waals surface area contributed by atoms with Crippen molar-refractivity contribution < 1.29 is 13.6 Å². The largest absolute Gasteiger partial charge is 0.369 e. The van der Waals surface area contributed by atoms with Crippen molar-refractivity contribution in [2.45, 2.75) is 32.2 Å². The minimum atomic E-state index is -2.53. The van der Waals surface area contributed by atoms with Crippen molar-refractivity contribution in [1.82, 2.24) is 10.6 Å². The van der Waals surface area contributed by atoms with E-state index in [0.29, 0.717) is 11.5 Å². The van der Waals surface area contributed by atoms with Gasteiger partial charge in [-0.2, -0.15) is 0 Å². The molecule has 0 bridgehead atoms. The number of alkyl halides is 2. The van der Waals surface area contributed by atoms with Crippen LogP contribution in [0.5, 0.6) is 0 Å². The van der Waals surface area contributed by atoms with Crippen molar-refractivity contribution in [1.29, 1.82) is 0 Å². The highest BCUT2D eigenvalue weighted by Gasteiger charge is 2.34. The number of carbonyl (C=O) groups excluding carboxylic acids is 1. The zero-order chi connectivity index (χ0) is 15.7. The molecule has 0 aliphatic carbocycles. The molecule has 0 saturated carbocycles. The summed E-state index contributed by atoms with van der Waals surface area (Å²) in [5.74, 6) is -0.101. The summed E-state index contributed by atoms with van der Waals surface area (Å²) in [6.45, 7) is 5.02. The van der Waals surface area contributed by atoms with Crippen LogP contribution < -0.4 is 15.5 Å². The fourth-order valence-corrected chi connectivity index (χ4v) is 3.47. The predicted molar refractivity (Wildman–Crippen MR) is 81.7 cm³/mol. The Bertz CT molecular complexity index is 577. The Balaban J connectivity index is 1.99.